The Kier molecular flexibility index (Phi) is 8.41. The molecule has 0 saturated carbocycles. The fraction of sp³-hybridized carbons (Fsp3) is 0.233. The number of halogens is 2. The Bertz CT molecular complexity index is 1600. The molecule has 1 fully saturated rings. The lowest BCUT2D eigenvalue weighted by Crippen LogP contribution is -2.35. The molecule has 210 valence electrons. The summed E-state index contributed by atoms with van der Waals surface area (Å²) in [5.74, 6) is -1.85. The molecule has 1 atom stereocenters. The zero-order valence-corrected chi connectivity index (χ0v) is 23.7. The van der Waals surface area contributed by atoms with Crippen molar-refractivity contribution >= 4 is 51.7 Å². The number of hydrogen-bond acceptors (Lipinski definition) is 6. The van der Waals surface area contributed by atoms with E-state index in [4.69, 9.17) is 11.6 Å². The van der Waals surface area contributed by atoms with Crippen LogP contribution in [0.25, 0.3) is 22.4 Å². The summed E-state index contributed by atoms with van der Waals surface area (Å²) < 4.78 is 15.4. The number of thiazole rings is 1. The number of nitrogens with zero attached hydrogens (tertiary/aromatic N) is 4. The van der Waals surface area contributed by atoms with Crippen LogP contribution in [0.3, 0.4) is 0 Å². The Morgan fingerprint density at radius 1 is 1.15 bits per heavy atom. The minimum Gasteiger partial charge on any atom is -0.481 e. The highest BCUT2D eigenvalue weighted by atomic mass is 35.5. The van der Waals surface area contributed by atoms with Crippen molar-refractivity contribution in [2.24, 2.45) is 5.92 Å². The summed E-state index contributed by atoms with van der Waals surface area (Å²) in [5.41, 5.74) is 2.55. The lowest BCUT2D eigenvalue weighted by Gasteiger charge is -2.21. The first kappa shape index (κ1) is 28.4. The maximum absolute atomic E-state index is 15.4. The second kappa shape index (κ2) is 12.2. The van der Waals surface area contributed by atoms with Crippen LogP contribution < -0.4 is 9.80 Å². The first-order valence-corrected chi connectivity index (χ1v) is 14.2. The van der Waals surface area contributed by atoms with Crippen LogP contribution in [-0.4, -0.2) is 46.5 Å². The monoisotopic (exact) mass is 592 g/mol. The summed E-state index contributed by atoms with van der Waals surface area (Å²) in [6.45, 7) is 0.620. The molecule has 11 heteroatoms. The van der Waals surface area contributed by atoms with Gasteiger partial charge in [0.05, 0.1) is 12.3 Å². The number of pyridine rings is 1. The number of benzene rings is 2. The van der Waals surface area contributed by atoms with Crippen LogP contribution in [0.5, 0.6) is 0 Å². The molecule has 1 aliphatic rings. The zero-order chi connectivity index (χ0) is 29.1. The molecule has 1 N–H and O–H groups in total. The van der Waals surface area contributed by atoms with Gasteiger partial charge in [0, 0.05) is 42.4 Å². The first-order chi connectivity index (χ1) is 19.7. The van der Waals surface area contributed by atoms with Crippen molar-refractivity contribution in [2.75, 3.05) is 23.4 Å². The second-order valence-corrected chi connectivity index (χ2v) is 11.1. The molecule has 2 amide bonds. The fourth-order valence-corrected chi connectivity index (χ4v) is 5.83. The van der Waals surface area contributed by atoms with Gasteiger partial charge in [0.15, 0.2) is 5.13 Å². The highest BCUT2D eigenvalue weighted by Gasteiger charge is 2.29. The first-order valence-electron chi connectivity index (χ1n) is 13.0. The smallest absolute Gasteiger partial charge is 0.304 e. The van der Waals surface area contributed by atoms with E-state index in [1.165, 1.54) is 11.9 Å². The second-order valence-electron chi connectivity index (χ2n) is 9.74. The average Bonchev–Trinajstić information content (AvgIpc) is 3.57. The lowest BCUT2D eigenvalue weighted by atomic mass is 9.95. The predicted octanol–water partition coefficient (Wildman–Crippen LogP) is 6.09. The van der Waals surface area contributed by atoms with Crippen molar-refractivity contribution in [1.29, 1.82) is 0 Å². The van der Waals surface area contributed by atoms with Crippen molar-refractivity contribution < 1.29 is 23.9 Å². The Morgan fingerprint density at radius 3 is 2.59 bits per heavy atom. The van der Waals surface area contributed by atoms with E-state index in [2.05, 4.69) is 9.97 Å². The standard InChI is InChI=1S/C30H26ClFN4O4S/c1-35(29(40)20(15-26(38)39)14-18-6-3-2-4-7-18)30-34-27(28(32)41-30)23-16-21(31)10-11-22(23)19-9-12-24(33-17-19)36-13-5-8-25(36)37/h2-4,6-7,9-12,16-17,20H,5,8,13-15H2,1H3,(H,38,39). The molecular formula is C30H26ClFN4O4S. The number of carbonyl (C=O) groups excluding carboxylic acids is 2. The Hall–Kier alpha value is -4.15. The molecule has 0 spiro atoms. The molecule has 1 unspecified atom stereocenters. The van der Waals surface area contributed by atoms with Crippen molar-refractivity contribution in [3.63, 3.8) is 0 Å². The summed E-state index contributed by atoms with van der Waals surface area (Å²) >= 11 is 6.99. The predicted molar refractivity (Wildman–Crippen MR) is 157 cm³/mol. The van der Waals surface area contributed by atoms with Gasteiger partial charge in [-0.05, 0) is 48.2 Å². The van der Waals surface area contributed by atoms with E-state index in [0.29, 0.717) is 51.8 Å². The van der Waals surface area contributed by atoms with Crippen LogP contribution in [-0.2, 0) is 20.8 Å². The van der Waals surface area contributed by atoms with Gasteiger partial charge in [0.1, 0.15) is 11.5 Å². The summed E-state index contributed by atoms with van der Waals surface area (Å²) in [5, 5.41) is 9.29. The SMILES string of the molecule is CN(C(=O)C(CC(=O)O)Cc1ccccc1)c1nc(-c2cc(Cl)ccc2-c2ccc(N3CCCC3=O)nc2)c(F)s1. The molecule has 0 bridgehead atoms. The minimum atomic E-state index is -1.10. The van der Waals surface area contributed by atoms with Gasteiger partial charge in [-0.1, -0.05) is 59.3 Å². The van der Waals surface area contributed by atoms with Crippen molar-refractivity contribution in [3.8, 4) is 22.4 Å². The largest absolute Gasteiger partial charge is 0.481 e. The van der Waals surface area contributed by atoms with Gasteiger partial charge in [-0.2, -0.15) is 4.39 Å². The van der Waals surface area contributed by atoms with Crippen molar-refractivity contribution in [1.82, 2.24) is 9.97 Å². The Labute approximate surface area is 245 Å². The van der Waals surface area contributed by atoms with E-state index in [-0.39, 0.29) is 29.6 Å². The topological polar surface area (TPSA) is 104 Å². The summed E-state index contributed by atoms with van der Waals surface area (Å²) in [6.07, 6.45) is 2.76. The fourth-order valence-electron chi connectivity index (χ4n) is 4.88. The Balaban J connectivity index is 1.44. The van der Waals surface area contributed by atoms with Crippen LogP contribution in [0.4, 0.5) is 15.3 Å². The highest BCUT2D eigenvalue weighted by Crippen LogP contribution is 2.39. The number of anilines is 2. The van der Waals surface area contributed by atoms with Gasteiger partial charge in [-0.15, -0.1) is 0 Å². The number of hydrogen-bond donors (Lipinski definition) is 1. The van der Waals surface area contributed by atoms with Gasteiger partial charge in [-0.3, -0.25) is 24.2 Å². The third-order valence-electron chi connectivity index (χ3n) is 6.93. The molecule has 8 nitrogen and oxygen atoms in total. The maximum atomic E-state index is 15.4. The number of aromatic nitrogens is 2. The highest BCUT2D eigenvalue weighted by molar-refractivity contribution is 7.14. The molecular weight excluding hydrogens is 567 g/mol. The summed E-state index contributed by atoms with van der Waals surface area (Å²) in [4.78, 5) is 48.8. The van der Waals surface area contributed by atoms with Crippen molar-refractivity contribution in [2.45, 2.75) is 25.7 Å². The molecule has 2 aromatic heterocycles. The van der Waals surface area contributed by atoms with Gasteiger partial charge in [-0.25, -0.2) is 9.97 Å². The molecule has 1 saturated heterocycles. The van der Waals surface area contributed by atoms with E-state index < -0.39 is 22.9 Å². The molecule has 0 aliphatic carbocycles. The Morgan fingerprint density at radius 2 is 1.93 bits per heavy atom. The van der Waals surface area contributed by atoms with E-state index >= 15 is 4.39 Å². The van der Waals surface area contributed by atoms with Gasteiger partial charge >= 0.3 is 5.97 Å². The third kappa shape index (κ3) is 6.28. The average molecular weight is 593 g/mol. The molecule has 4 aromatic rings. The van der Waals surface area contributed by atoms with E-state index in [9.17, 15) is 19.5 Å². The molecule has 0 radical (unpaired) electrons. The maximum Gasteiger partial charge on any atom is 0.304 e. The van der Waals surface area contributed by atoms with E-state index in [1.807, 2.05) is 36.4 Å². The van der Waals surface area contributed by atoms with Crippen molar-refractivity contribution in [3.05, 3.63) is 82.6 Å². The molecule has 1 aliphatic heterocycles. The summed E-state index contributed by atoms with van der Waals surface area (Å²) in [6, 6.07) is 17.7. The summed E-state index contributed by atoms with van der Waals surface area (Å²) in [7, 11) is 1.46. The van der Waals surface area contributed by atoms with Gasteiger partial charge in [0.2, 0.25) is 16.9 Å². The van der Waals surface area contributed by atoms with Gasteiger partial charge in [0.25, 0.3) is 0 Å². The molecule has 5 rings (SSSR count). The molecule has 3 heterocycles. The lowest BCUT2D eigenvalue weighted by molar-refractivity contribution is -0.140. The van der Waals surface area contributed by atoms with Crippen LogP contribution >= 0.6 is 22.9 Å². The number of carboxylic acid groups (broad SMARTS) is 1. The number of carbonyl (C=O) groups is 3. The number of rotatable bonds is 9. The normalized spacial score (nSPS) is 13.8. The minimum absolute atomic E-state index is 0.0128. The van der Waals surface area contributed by atoms with Crippen LogP contribution in [0.15, 0.2) is 66.9 Å². The quantitative estimate of drug-likeness (QED) is 0.252. The number of amides is 2. The van der Waals surface area contributed by atoms with E-state index in [1.54, 1.807) is 35.4 Å². The van der Waals surface area contributed by atoms with E-state index in [0.717, 1.165) is 12.0 Å². The van der Waals surface area contributed by atoms with Crippen LogP contribution in [0, 0.1) is 11.0 Å². The third-order valence-corrected chi connectivity index (χ3v) is 8.09. The number of carboxylic acids is 1. The molecule has 41 heavy (non-hydrogen) atoms. The zero-order valence-electron chi connectivity index (χ0n) is 22.1. The van der Waals surface area contributed by atoms with Crippen LogP contribution in [0.2, 0.25) is 5.02 Å². The van der Waals surface area contributed by atoms with Gasteiger partial charge < -0.3 is 5.11 Å². The molecule has 2 aromatic carbocycles. The van der Waals surface area contributed by atoms with Crippen LogP contribution in [0.1, 0.15) is 24.8 Å². The number of aliphatic carboxylic acids is 1.